The Balaban J connectivity index is 3.69. The lowest BCUT2D eigenvalue weighted by atomic mass is 10.1. The van der Waals surface area contributed by atoms with E-state index in [1.54, 1.807) is 6.92 Å². The molecule has 0 heterocycles. The second-order valence-corrected chi connectivity index (χ2v) is 3.86. The summed E-state index contributed by atoms with van der Waals surface area (Å²) in [5, 5.41) is 0. The smallest absolute Gasteiger partial charge is 0.254 e. The normalized spacial score (nSPS) is 10.6. The second-order valence-electron chi connectivity index (χ2n) is 3.05. The lowest BCUT2D eigenvalue weighted by Gasteiger charge is -2.12. The number of rotatable bonds is 3. The quantitative estimate of drug-likeness (QED) is 0.660. The average molecular weight is 249 g/mol. The summed E-state index contributed by atoms with van der Waals surface area (Å²) in [5.41, 5.74) is 3.77. The molecule has 0 fully saturated rings. The molecule has 1 aromatic carbocycles. The third-order valence-corrected chi connectivity index (χ3v) is 3.01. The summed E-state index contributed by atoms with van der Waals surface area (Å²) in [6.07, 6.45) is 1.65. The van der Waals surface area contributed by atoms with Gasteiger partial charge in [0.2, 0.25) is 0 Å². The zero-order chi connectivity index (χ0) is 12.5. The predicted molar refractivity (Wildman–Crippen MR) is 56.0 cm³/mol. The fourth-order valence-corrected chi connectivity index (χ4v) is 2.18. The van der Waals surface area contributed by atoms with Crippen LogP contribution in [0.3, 0.4) is 0 Å². The van der Waals surface area contributed by atoms with Crippen LogP contribution < -0.4 is 5.73 Å². The van der Waals surface area contributed by atoms with E-state index in [4.69, 9.17) is 5.73 Å². The molecule has 88 valence electrons. The van der Waals surface area contributed by atoms with Crippen molar-refractivity contribution in [2.75, 3.05) is 6.26 Å². The average Bonchev–Trinajstić information content (AvgIpc) is 2.22. The Morgan fingerprint density at radius 3 is 2.19 bits per heavy atom. The molecule has 0 atom stereocenters. The summed E-state index contributed by atoms with van der Waals surface area (Å²) in [4.78, 5) is 10.7. The molecule has 16 heavy (non-hydrogen) atoms. The Bertz CT molecular complexity index is 448. The molecule has 1 amide bonds. The van der Waals surface area contributed by atoms with Crippen molar-refractivity contribution in [3.8, 4) is 0 Å². The lowest BCUT2D eigenvalue weighted by molar-refractivity contribution is 0.0990. The Labute approximate surface area is 95.0 Å². The fraction of sp³-hybridized carbons (Fsp3) is 0.300. The predicted octanol–water partition coefficient (Wildman–Crippen LogP) is 2.49. The van der Waals surface area contributed by atoms with Crippen molar-refractivity contribution in [1.82, 2.24) is 0 Å². The fourth-order valence-electron chi connectivity index (χ4n) is 1.43. The van der Waals surface area contributed by atoms with Gasteiger partial charge in [-0.1, -0.05) is 6.92 Å². The van der Waals surface area contributed by atoms with Gasteiger partial charge in [0, 0.05) is 5.56 Å². The minimum Gasteiger partial charge on any atom is -0.365 e. The van der Waals surface area contributed by atoms with E-state index in [-0.39, 0.29) is 16.9 Å². The number of halogens is 3. The van der Waals surface area contributed by atoms with E-state index in [0.717, 1.165) is 11.8 Å². The molecule has 0 bridgehead atoms. The van der Waals surface area contributed by atoms with Crippen LogP contribution in [0.5, 0.6) is 0 Å². The summed E-state index contributed by atoms with van der Waals surface area (Å²) < 4.78 is 40.5. The molecular weight excluding hydrogens is 239 g/mol. The van der Waals surface area contributed by atoms with E-state index in [0.29, 0.717) is 0 Å². The molecule has 6 heteroatoms. The number of hydrogen-bond donors (Lipinski definition) is 1. The first-order valence-corrected chi connectivity index (χ1v) is 5.71. The van der Waals surface area contributed by atoms with Gasteiger partial charge < -0.3 is 5.73 Å². The Morgan fingerprint density at radius 2 is 1.81 bits per heavy atom. The third kappa shape index (κ3) is 1.89. The highest BCUT2D eigenvalue weighted by atomic mass is 32.2. The van der Waals surface area contributed by atoms with Crippen molar-refractivity contribution in [3.63, 3.8) is 0 Å². The lowest BCUT2D eigenvalue weighted by Crippen LogP contribution is -2.19. The molecular formula is C10H10F3NOS. The number of primary amides is 1. The topological polar surface area (TPSA) is 43.1 Å². The summed E-state index contributed by atoms with van der Waals surface area (Å²) in [6.45, 7) is 1.58. The SMILES string of the molecule is CCc1c(F)c(C(N)=O)c(F)c(F)c1SC. The number of thioether (sulfide) groups is 1. The molecule has 2 nitrogen and oxygen atoms in total. The zero-order valence-corrected chi connectivity index (χ0v) is 9.55. The number of amides is 1. The maximum atomic E-state index is 13.7. The molecule has 0 aliphatic carbocycles. The van der Waals surface area contributed by atoms with E-state index >= 15 is 0 Å². The third-order valence-electron chi connectivity index (χ3n) is 2.17. The van der Waals surface area contributed by atoms with Gasteiger partial charge in [0.1, 0.15) is 11.4 Å². The van der Waals surface area contributed by atoms with Gasteiger partial charge in [-0.2, -0.15) is 0 Å². The molecule has 0 radical (unpaired) electrons. The zero-order valence-electron chi connectivity index (χ0n) is 8.73. The number of carbonyl (C=O) groups is 1. The maximum Gasteiger partial charge on any atom is 0.254 e. The van der Waals surface area contributed by atoms with Crippen LogP contribution in [0.4, 0.5) is 13.2 Å². The van der Waals surface area contributed by atoms with E-state index in [9.17, 15) is 18.0 Å². The standard InChI is InChI=1S/C10H10F3NOS/c1-3-4-6(11)5(10(14)15)7(12)8(13)9(4)16-2/h3H2,1-2H3,(H2,14,15). The molecule has 2 N–H and O–H groups in total. The van der Waals surface area contributed by atoms with E-state index in [1.807, 2.05) is 0 Å². The van der Waals surface area contributed by atoms with Crippen LogP contribution in [0.15, 0.2) is 4.90 Å². The van der Waals surface area contributed by atoms with Gasteiger partial charge in [-0.15, -0.1) is 11.8 Å². The Kier molecular flexibility index (Phi) is 3.85. The first-order chi connectivity index (χ1) is 7.45. The highest BCUT2D eigenvalue weighted by Gasteiger charge is 2.26. The van der Waals surface area contributed by atoms with Crippen LogP contribution in [-0.4, -0.2) is 12.2 Å². The van der Waals surface area contributed by atoms with Crippen molar-refractivity contribution in [1.29, 1.82) is 0 Å². The van der Waals surface area contributed by atoms with E-state index in [1.165, 1.54) is 6.26 Å². The molecule has 0 spiro atoms. The molecule has 0 aromatic heterocycles. The van der Waals surface area contributed by atoms with Gasteiger partial charge in [-0.05, 0) is 12.7 Å². The Hall–Kier alpha value is -1.17. The number of hydrogen-bond acceptors (Lipinski definition) is 2. The van der Waals surface area contributed by atoms with Crippen LogP contribution >= 0.6 is 11.8 Å². The molecule has 0 saturated heterocycles. The molecule has 0 aliphatic rings. The van der Waals surface area contributed by atoms with E-state index < -0.39 is 28.9 Å². The van der Waals surface area contributed by atoms with Gasteiger partial charge >= 0.3 is 0 Å². The molecule has 0 aliphatic heterocycles. The maximum absolute atomic E-state index is 13.7. The van der Waals surface area contributed by atoms with Crippen molar-refractivity contribution >= 4 is 17.7 Å². The summed E-state index contributed by atoms with van der Waals surface area (Å²) in [5.74, 6) is -5.12. The Morgan fingerprint density at radius 1 is 1.25 bits per heavy atom. The largest absolute Gasteiger partial charge is 0.365 e. The van der Waals surface area contributed by atoms with Gasteiger partial charge in [0.05, 0.1) is 4.90 Å². The minimum atomic E-state index is -1.52. The van der Waals surface area contributed by atoms with Crippen molar-refractivity contribution in [3.05, 3.63) is 28.6 Å². The van der Waals surface area contributed by atoms with Crippen LogP contribution in [-0.2, 0) is 6.42 Å². The van der Waals surface area contributed by atoms with Crippen molar-refractivity contribution in [2.24, 2.45) is 5.73 Å². The first-order valence-electron chi connectivity index (χ1n) is 4.48. The van der Waals surface area contributed by atoms with Crippen LogP contribution in [0.25, 0.3) is 0 Å². The van der Waals surface area contributed by atoms with Gasteiger partial charge in [-0.25, -0.2) is 13.2 Å². The molecule has 1 aromatic rings. The van der Waals surface area contributed by atoms with Gasteiger partial charge in [-0.3, -0.25) is 4.79 Å². The summed E-state index contributed by atoms with van der Waals surface area (Å²) in [6, 6.07) is 0. The number of nitrogens with two attached hydrogens (primary N) is 1. The van der Waals surface area contributed by atoms with Crippen LogP contribution in [0.1, 0.15) is 22.8 Å². The van der Waals surface area contributed by atoms with Crippen molar-refractivity contribution in [2.45, 2.75) is 18.2 Å². The number of benzene rings is 1. The van der Waals surface area contributed by atoms with Gasteiger partial charge in [0.15, 0.2) is 11.6 Å². The highest BCUT2D eigenvalue weighted by molar-refractivity contribution is 7.98. The van der Waals surface area contributed by atoms with Gasteiger partial charge in [0.25, 0.3) is 5.91 Å². The van der Waals surface area contributed by atoms with Crippen LogP contribution in [0, 0.1) is 17.5 Å². The minimum absolute atomic E-state index is 0.0276. The van der Waals surface area contributed by atoms with Crippen LogP contribution in [0.2, 0.25) is 0 Å². The van der Waals surface area contributed by atoms with E-state index in [2.05, 4.69) is 0 Å². The summed E-state index contributed by atoms with van der Waals surface area (Å²) >= 11 is 0.888. The molecule has 0 saturated carbocycles. The summed E-state index contributed by atoms with van der Waals surface area (Å²) in [7, 11) is 0. The second kappa shape index (κ2) is 4.78. The number of carbonyl (C=O) groups excluding carboxylic acids is 1. The molecule has 1 rings (SSSR count). The first kappa shape index (κ1) is 12.9. The highest BCUT2D eigenvalue weighted by Crippen LogP contribution is 2.31. The van der Waals surface area contributed by atoms with Crippen molar-refractivity contribution < 1.29 is 18.0 Å². The monoisotopic (exact) mass is 249 g/mol. The molecule has 0 unspecified atom stereocenters.